The minimum atomic E-state index is -0.914. The van der Waals surface area contributed by atoms with Crippen molar-refractivity contribution in [3.8, 4) is 11.8 Å². The van der Waals surface area contributed by atoms with Crippen LogP contribution in [0.5, 0.6) is 0 Å². The first-order valence-corrected chi connectivity index (χ1v) is 14.1. The molecule has 0 radical (unpaired) electrons. The van der Waals surface area contributed by atoms with Gasteiger partial charge in [-0.25, -0.2) is 0 Å². The van der Waals surface area contributed by atoms with E-state index in [2.05, 4.69) is 54.9 Å². The lowest BCUT2D eigenvalue weighted by Gasteiger charge is -2.61. The molecule has 0 amide bonds. The van der Waals surface area contributed by atoms with E-state index in [0.29, 0.717) is 35.9 Å². The van der Waals surface area contributed by atoms with Crippen LogP contribution in [0.2, 0.25) is 0 Å². The largest absolute Gasteiger partial charge is 0.378 e. The maximum atomic E-state index is 12.4. The molecule has 4 heteroatoms. The zero-order valence-corrected chi connectivity index (χ0v) is 22.2. The fraction of sp³-hybridized carbons (Fsp3) is 0.656. The first-order valence-electron chi connectivity index (χ1n) is 14.1. The molecule has 1 heterocycles. The van der Waals surface area contributed by atoms with E-state index in [1.54, 1.807) is 0 Å². The van der Waals surface area contributed by atoms with E-state index in [1.807, 2.05) is 13.0 Å². The molecule has 1 aromatic rings. The molecule has 1 saturated heterocycles. The van der Waals surface area contributed by atoms with Crippen molar-refractivity contribution < 1.29 is 14.6 Å². The number of rotatable bonds is 2. The Balaban J connectivity index is 1.43. The number of hydrogen-bond acceptors (Lipinski definition) is 4. The van der Waals surface area contributed by atoms with Gasteiger partial charge in [0.25, 0.3) is 0 Å². The lowest BCUT2D eigenvalue weighted by molar-refractivity contribution is -0.122. The van der Waals surface area contributed by atoms with E-state index in [-0.39, 0.29) is 10.8 Å². The molecule has 4 aliphatic carbocycles. The van der Waals surface area contributed by atoms with Crippen LogP contribution in [-0.2, 0) is 9.53 Å². The third kappa shape index (κ3) is 3.53. The zero-order chi connectivity index (χ0) is 25.1. The van der Waals surface area contributed by atoms with E-state index >= 15 is 0 Å². The SMILES string of the molecule is CC#C[C@]1(O)CC[C@H]2[C@@H]3CCC4=CC(=O)CC[C@]4(C)[C@H]3[C@@H](c3ccc(N4CCOCC4)cc3)C[C@@]21C. The summed E-state index contributed by atoms with van der Waals surface area (Å²) in [5.74, 6) is 8.54. The number of allylic oxidation sites excluding steroid dienone is 1. The quantitative estimate of drug-likeness (QED) is 0.560. The zero-order valence-electron chi connectivity index (χ0n) is 22.2. The number of nitrogens with zero attached hydrogens (tertiary/aromatic N) is 1. The predicted molar refractivity (Wildman–Crippen MR) is 143 cm³/mol. The van der Waals surface area contributed by atoms with Crippen molar-refractivity contribution >= 4 is 11.5 Å². The van der Waals surface area contributed by atoms with Gasteiger partial charge in [-0.3, -0.25) is 4.79 Å². The van der Waals surface area contributed by atoms with E-state index in [1.165, 1.54) is 16.8 Å². The van der Waals surface area contributed by atoms with Crippen molar-refractivity contribution in [3.05, 3.63) is 41.5 Å². The van der Waals surface area contributed by atoms with Crippen molar-refractivity contribution in [1.29, 1.82) is 0 Å². The normalized spacial score (nSPS) is 41.9. The number of anilines is 1. The Labute approximate surface area is 216 Å². The van der Waals surface area contributed by atoms with Gasteiger partial charge in [-0.05, 0) is 98.3 Å². The molecule has 192 valence electrons. The number of ether oxygens (including phenoxy) is 1. The maximum absolute atomic E-state index is 12.4. The predicted octanol–water partition coefficient (Wildman–Crippen LogP) is 5.50. The van der Waals surface area contributed by atoms with Crippen LogP contribution in [0, 0.1) is 40.4 Å². The van der Waals surface area contributed by atoms with Gasteiger partial charge in [-0.2, -0.15) is 0 Å². The summed E-state index contributed by atoms with van der Waals surface area (Å²) in [6, 6.07) is 9.29. The van der Waals surface area contributed by atoms with Gasteiger partial charge in [0.1, 0.15) is 5.60 Å². The molecule has 36 heavy (non-hydrogen) atoms. The van der Waals surface area contributed by atoms with E-state index in [9.17, 15) is 9.90 Å². The fourth-order valence-corrected chi connectivity index (χ4v) is 9.24. The molecule has 1 aromatic carbocycles. The average molecular weight is 488 g/mol. The van der Waals surface area contributed by atoms with E-state index in [4.69, 9.17) is 4.74 Å². The van der Waals surface area contributed by atoms with Gasteiger partial charge in [0.2, 0.25) is 0 Å². The molecule has 3 saturated carbocycles. The van der Waals surface area contributed by atoms with E-state index < -0.39 is 5.60 Å². The highest BCUT2D eigenvalue weighted by atomic mass is 16.5. The van der Waals surface area contributed by atoms with Crippen LogP contribution in [-0.4, -0.2) is 42.8 Å². The second-order valence-corrected chi connectivity index (χ2v) is 12.6. The Morgan fingerprint density at radius 1 is 1.06 bits per heavy atom. The van der Waals surface area contributed by atoms with Gasteiger partial charge >= 0.3 is 0 Å². The number of hydrogen-bond donors (Lipinski definition) is 1. The molecule has 4 nitrogen and oxygen atoms in total. The lowest BCUT2D eigenvalue weighted by Crippen LogP contribution is -2.57. The second kappa shape index (κ2) is 8.74. The van der Waals surface area contributed by atoms with Crippen LogP contribution in [0.1, 0.15) is 77.2 Å². The summed E-state index contributed by atoms with van der Waals surface area (Å²) in [6.07, 6.45) is 8.56. The Morgan fingerprint density at radius 3 is 2.53 bits per heavy atom. The molecule has 6 rings (SSSR count). The lowest BCUT2D eigenvalue weighted by atomic mass is 9.43. The standard InChI is InChI=1S/C32H41NO3/c1-4-13-32(35)15-12-28-26-10-7-23-20-25(34)11-14-30(23,2)29(26)27(21-31(28,32)3)22-5-8-24(9-6-22)33-16-18-36-19-17-33/h5-6,8-9,20,26-29,35H,7,10-12,14-19,21H2,1-3H3/t26-,27+,28-,29+,30-,31-,32-/m0/s1. The number of ketones is 1. The van der Waals surface area contributed by atoms with Crippen LogP contribution >= 0.6 is 0 Å². The summed E-state index contributed by atoms with van der Waals surface area (Å²) in [5, 5.41) is 11.9. The monoisotopic (exact) mass is 487 g/mol. The number of morpholine rings is 1. The summed E-state index contributed by atoms with van der Waals surface area (Å²) >= 11 is 0. The highest BCUT2D eigenvalue weighted by molar-refractivity contribution is 5.91. The average Bonchev–Trinajstić information content (AvgIpc) is 3.15. The summed E-state index contributed by atoms with van der Waals surface area (Å²) < 4.78 is 5.55. The summed E-state index contributed by atoms with van der Waals surface area (Å²) in [6.45, 7) is 10.1. The molecular weight excluding hydrogens is 446 g/mol. The number of aliphatic hydroxyl groups is 1. The van der Waals surface area contributed by atoms with Crippen LogP contribution in [0.4, 0.5) is 5.69 Å². The van der Waals surface area contributed by atoms with Crippen molar-refractivity contribution in [1.82, 2.24) is 0 Å². The van der Waals surface area contributed by atoms with Crippen LogP contribution < -0.4 is 4.90 Å². The molecule has 1 aliphatic heterocycles. The Kier molecular flexibility index (Phi) is 5.89. The highest BCUT2D eigenvalue weighted by Gasteiger charge is 2.66. The molecule has 0 aromatic heterocycles. The Bertz CT molecular complexity index is 1120. The molecule has 0 bridgehead atoms. The smallest absolute Gasteiger partial charge is 0.155 e. The van der Waals surface area contributed by atoms with Gasteiger partial charge in [-0.15, -0.1) is 5.92 Å². The van der Waals surface area contributed by atoms with Crippen molar-refractivity contribution in [3.63, 3.8) is 0 Å². The Hall–Kier alpha value is -2.09. The van der Waals surface area contributed by atoms with Gasteiger partial charge in [0, 0.05) is 30.6 Å². The molecular formula is C32H41NO3. The van der Waals surface area contributed by atoms with Gasteiger partial charge in [0.15, 0.2) is 5.78 Å². The topological polar surface area (TPSA) is 49.8 Å². The Morgan fingerprint density at radius 2 is 1.81 bits per heavy atom. The number of benzene rings is 1. The first kappa shape index (κ1) is 24.3. The van der Waals surface area contributed by atoms with Gasteiger partial charge in [0.05, 0.1) is 13.2 Å². The van der Waals surface area contributed by atoms with Crippen molar-refractivity contribution in [2.24, 2.45) is 28.6 Å². The minimum absolute atomic E-state index is 0.0584. The van der Waals surface area contributed by atoms with Crippen molar-refractivity contribution in [2.45, 2.75) is 77.2 Å². The summed E-state index contributed by atoms with van der Waals surface area (Å²) in [5.41, 5.74) is 2.98. The molecule has 0 spiro atoms. The summed E-state index contributed by atoms with van der Waals surface area (Å²) in [4.78, 5) is 14.8. The third-order valence-electron chi connectivity index (χ3n) is 11.1. The first-order chi connectivity index (χ1) is 17.3. The third-order valence-corrected chi connectivity index (χ3v) is 11.1. The van der Waals surface area contributed by atoms with E-state index in [0.717, 1.165) is 64.8 Å². The number of carbonyl (C=O) groups is 1. The molecule has 4 fully saturated rings. The second-order valence-electron chi connectivity index (χ2n) is 12.6. The molecule has 1 N–H and O–H groups in total. The number of carbonyl (C=O) groups excluding carboxylic acids is 1. The van der Waals surface area contributed by atoms with Gasteiger partial charge < -0.3 is 14.7 Å². The van der Waals surface area contributed by atoms with Crippen molar-refractivity contribution in [2.75, 3.05) is 31.2 Å². The fourth-order valence-electron chi connectivity index (χ4n) is 9.24. The minimum Gasteiger partial charge on any atom is -0.378 e. The number of fused-ring (bicyclic) bond motifs is 5. The molecule has 0 unspecified atom stereocenters. The van der Waals surface area contributed by atoms with Gasteiger partial charge in [-0.1, -0.05) is 37.5 Å². The maximum Gasteiger partial charge on any atom is 0.155 e. The summed E-state index contributed by atoms with van der Waals surface area (Å²) in [7, 11) is 0. The van der Waals surface area contributed by atoms with Crippen LogP contribution in [0.3, 0.4) is 0 Å². The molecule has 5 aliphatic rings. The van der Waals surface area contributed by atoms with Crippen LogP contribution in [0.15, 0.2) is 35.9 Å². The highest BCUT2D eigenvalue weighted by Crippen LogP contribution is 2.70. The molecule has 7 atom stereocenters. The van der Waals surface area contributed by atoms with Crippen LogP contribution in [0.25, 0.3) is 0 Å².